The van der Waals surface area contributed by atoms with Gasteiger partial charge in [0.15, 0.2) is 0 Å². The van der Waals surface area contributed by atoms with Crippen molar-refractivity contribution < 1.29 is 14.7 Å². The van der Waals surface area contributed by atoms with E-state index < -0.39 is 11.9 Å². The van der Waals surface area contributed by atoms with Gasteiger partial charge in [-0.1, -0.05) is 35.4 Å². The van der Waals surface area contributed by atoms with Crippen LogP contribution in [0.4, 0.5) is 5.69 Å². The lowest BCUT2D eigenvalue weighted by Crippen LogP contribution is -2.15. The van der Waals surface area contributed by atoms with Gasteiger partial charge in [-0.3, -0.25) is 4.79 Å². The van der Waals surface area contributed by atoms with Crippen LogP contribution in [0.1, 0.15) is 31.8 Å². The van der Waals surface area contributed by atoms with Crippen molar-refractivity contribution in [3.8, 4) is 0 Å². The Balaban J connectivity index is 2.36. The maximum Gasteiger partial charge on any atom is 0.337 e. The SMILES string of the molecule is Cc1ccc(NC(=O)c2cccc(C)c2Cl)c(C(=O)O)c1. The van der Waals surface area contributed by atoms with Gasteiger partial charge in [-0.25, -0.2) is 4.79 Å². The molecule has 2 aromatic carbocycles. The van der Waals surface area contributed by atoms with Crippen LogP contribution in [0.15, 0.2) is 36.4 Å². The summed E-state index contributed by atoms with van der Waals surface area (Å²) in [5.74, 6) is -1.53. The summed E-state index contributed by atoms with van der Waals surface area (Å²) < 4.78 is 0. The number of hydrogen-bond donors (Lipinski definition) is 2. The molecule has 0 atom stereocenters. The molecule has 2 rings (SSSR count). The summed E-state index contributed by atoms with van der Waals surface area (Å²) in [6, 6.07) is 9.94. The van der Waals surface area contributed by atoms with E-state index in [0.29, 0.717) is 10.6 Å². The number of carboxylic acid groups (broad SMARTS) is 1. The van der Waals surface area contributed by atoms with E-state index in [1.807, 2.05) is 0 Å². The van der Waals surface area contributed by atoms with E-state index in [2.05, 4.69) is 5.32 Å². The second-order valence-corrected chi connectivity index (χ2v) is 5.12. The van der Waals surface area contributed by atoms with Crippen LogP contribution in [0, 0.1) is 13.8 Å². The minimum Gasteiger partial charge on any atom is -0.478 e. The number of hydrogen-bond acceptors (Lipinski definition) is 2. The number of halogens is 1. The Hall–Kier alpha value is -2.33. The molecule has 0 unspecified atom stereocenters. The van der Waals surface area contributed by atoms with Crippen molar-refractivity contribution in [1.29, 1.82) is 0 Å². The zero-order valence-corrected chi connectivity index (χ0v) is 12.4. The average Bonchev–Trinajstić information content (AvgIpc) is 2.43. The zero-order chi connectivity index (χ0) is 15.6. The molecule has 21 heavy (non-hydrogen) atoms. The number of aromatic carboxylic acids is 1. The first-order valence-corrected chi connectivity index (χ1v) is 6.68. The molecular formula is C16H14ClNO3. The van der Waals surface area contributed by atoms with E-state index in [1.165, 1.54) is 6.07 Å². The molecule has 0 aliphatic heterocycles. The Labute approximate surface area is 127 Å². The summed E-state index contributed by atoms with van der Waals surface area (Å²) in [6.45, 7) is 3.59. The van der Waals surface area contributed by atoms with Crippen LogP contribution in [0.2, 0.25) is 5.02 Å². The largest absolute Gasteiger partial charge is 0.478 e. The monoisotopic (exact) mass is 303 g/mol. The highest BCUT2D eigenvalue weighted by molar-refractivity contribution is 6.35. The Morgan fingerprint density at radius 2 is 1.81 bits per heavy atom. The number of carbonyl (C=O) groups is 2. The highest BCUT2D eigenvalue weighted by atomic mass is 35.5. The minimum atomic E-state index is -1.09. The molecule has 108 valence electrons. The Morgan fingerprint density at radius 1 is 1.10 bits per heavy atom. The summed E-state index contributed by atoms with van der Waals surface area (Å²) >= 11 is 6.10. The van der Waals surface area contributed by atoms with Gasteiger partial charge in [0, 0.05) is 0 Å². The van der Waals surface area contributed by atoms with Crippen molar-refractivity contribution >= 4 is 29.2 Å². The first-order chi connectivity index (χ1) is 9.90. The number of benzene rings is 2. The van der Waals surface area contributed by atoms with Crippen molar-refractivity contribution in [3.05, 3.63) is 63.7 Å². The Morgan fingerprint density at radius 3 is 2.48 bits per heavy atom. The highest BCUT2D eigenvalue weighted by Gasteiger charge is 2.16. The fourth-order valence-corrected chi connectivity index (χ4v) is 2.17. The minimum absolute atomic E-state index is 0.0483. The fourth-order valence-electron chi connectivity index (χ4n) is 1.96. The van der Waals surface area contributed by atoms with Crippen molar-refractivity contribution in [1.82, 2.24) is 0 Å². The Bertz CT molecular complexity index is 725. The number of rotatable bonds is 3. The third-order valence-electron chi connectivity index (χ3n) is 3.09. The predicted octanol–water partition coefficient (Wildman–Crippen LogP) is 3.91. The van der Waals surface area contributed by atoms with E-state index in [9.17, 15) is 14.7 Å². The summed E-state index contributed by atoms with van der Waals surface area (Å²) in [5.41, 5.74) is 2.20. The van der Waals surface area contributed by atoms with Gasteiger partial charge in [-0.15, -0.1) is 0 Å². The first-order valence-electron chi connectivity index (χ1n) is 6.30. The molecule has 0 aromatic heterocycles. The van der Waals surface area contributed by atoms with Gasteiger partial charge < -0.3 is 10.4 Å². The van der Waals surface area contributed by atoms with Crippen molar-refractivity contribution in [2.75, 3.05) is 5.32 Å². The summed E-state index contributed by atoms with van der Waals surface area (Å²) in [6.07, 6.45) is 0. The molecule has 4 nitrogen and oxygen atoms in total. The zero-order valence-electron chi connectivity index (χ0n) is 11.6. The number of carbonyl (C=O) groups excluding carboxylic acids is 1. The molecule has 0 saturated carbocycles. The molecule has 0 aliphatic carbocycles. The molecule has 0 saturated heterocycles. The van der Waals surface area contributed by atoms with Crippen molar-refractivity contribution in [3.63, 3.8) is 0 Å². The molecule has 0 spiro atoms. The quantitative estimate of drug-likeness (QED) is 0.903. The van der Waals surface area contributed by atoms with Crippen LogP contribution in [0.5, 0.6) is 0 Å². The lowest BCUT2D eigenvalue weighted by molar-refractivity contribution is 0.0698. The normalized spacial score (nSPS) is 10.2. The van der Waals surface area contributed by atoms with Gasteiger partial charge in [0.2, 0.25) is 0 Å². The first kappa shape index (κ1) is 15.1. The van der Waals surface area contributed by atoms with Crippen LogP contribution in [0.25, 0.3) is 0 Å². The molecule has 2 N–H and O–H groups in total. The number of anilines is 1. The maximum atomic E-state index is 12.3. The number of carboxylic acids is 1. The van der Waals surface area contributed by atoms with Crippen LogP contribution in [-0.2, 0) is 0 Å². The Kier molecular flexibility index (Phi) is 4.29. The second kappa shape index (κ2) is 5.97. The highest BCUT2D eigenvalue weighted by Crippen LogP contribution is 2.23. The summed E-state index contributed by atoms with van der Waals surface area (Å²) in [5, 5.41) is 12.2. The average molecular weight is 304 g/mol. The molecule has 1 amide bonds. The molecule has 0 radical (unpaired) electrons. The molecule has 0 fully saturated rings. The second-order valence-electron chi connectivity index (χ2n) is 4.74. The van der Waals surface area contributed by atoms with E-state index in [0.717, 1.165) is 11.1 Å². The van der Waals surface area contributed by atoms with Crippen LogP contribution >= 0.6 is 11.6 Å². The molecule has 5 heteroatoms. The fraction of sp³-hybridized carbons (Fsp3) is 0.125. The molecular weight excluding hydrogens is 290 g/mol. The van der Waals surface area contributed by atoms with E-state index in [-0.39, 0.29) is 11.3 Å². The van der Waals surface area contributed by atoms with Crippen molar-refractivity contribution in [2.45, 2.75) is 13.8 Å². The van der Waals surface area contributed by atoms with Crippen LogP contribution in [-0.4, -0.2) is 17.0 Å². The molecule has 0 heterocycles. The maximum absolute atomic E-state index is 12.3. The molecule has 0 bridgehead atoms. The summed E-state index contributed by atoms with van der Waals surface area (Å²) in [4.78, 5) is 23.5. The number of amides is 1. The third kappa shape index (κ3) is 3.23. The smallest absolute Gasteiger partial charge is 0.337 e. The van der Waals surface area contributed by atoms with Gasteiger partial charge in [0.05, 0.1) is 21.8 Å². The van der Waals surface area contributed by atoms with Gasteiger partial charge >= 0.3 is 5.97 Å². The lowest BCUT2D eigenvalue weighted by atomic mass is 10.1. The van der Waals surface area contributed by atoms with Gasteiger partial charge in [-0.2, -0.15) is 0 Å². The number of nitrogens with one attached hydrogen (secondary N) is 1. The topological polar surface area (TPSA) is 66.4 Å². The third-order valence-corrected chi connectivity index (χ3v) is 3.59. The summed E-state index contributed by atoms with van der Waals surface area (Å²) in [7, 11) is 0. The van der Waals surface area contributed by atoms with Gasteiger partial charge in [-0.05, 0) is 37.6 Å². The van der Waals surface area contributed by atoms with E-state index in [1.54, 1.807) is 44.2 Å². The molecule has 2 aromatic rings. The van der Waals surface area contributed by atoms with E-state index >= 15 is 0 Å². The van der Waals surface area contributed by atoms with Crippen LogP contribution in [0.3, 0.4) is 0 Å². The van der Waals surface area contributed by atoms with E-state index in [4.69, 9.17) is 11.6 Å². The predicted molar refractivity (Wildman–Crippen MR) is 82.3 cm³/mol. The van der Waals surface area contributed by atoms with Gasteiger partial charge in [0.25, 0.3) is 5.91 Å². The standard InChI is InChI=1S/C16H14ClNO3/c1-9-6-7-13(12(8-9)16(20)21)18-15(19)11-5-3-4-10(2)14(11)17/h3-8H,1-2H3,(H,18,19)(H,20,21). The van der Waals surface area contributed by atoms with Crippen molar-refractivity contribution in [2.24, 2.45) is 0 Å². The lowest BCUT2D eigenvalue weighted by Gasteiger charge is -2.11. The van der Waals surface area contributed by atoms with Gasteiger partial charge in [0.1, 0.15) is 0 Å². The molecule has 0 aliphatic rings. The number of aryl methyl sites for hydroxylation is 2. The van der Waals surface area contributed by atoms with Crippen LogP contribution < -0.4 is 5.32 Å².